The van der Waals surface area contributed by atoms with Gasteiger partial charge < -0.3 is 4.90 Å². The van der Waals surface area contributed by atoms with Crippen molar-refractivity contribution in [3.8, 4) is 6.07 Å². The molecule has 0 N–H and O–H groups in total. The number of carbonyl (C=O) groups is 1. The molecule has 1 amide bonds. The van der Waals surface area contributed by atoms with Crippen LogP contribution in [0.4, 0.5) is 0 Å². The van der Waals surface area contributed by atoms with Gasteiger partial charge >= 0.3 is 0 Å². The molecule has 0 saturated carbocycles. The summed E-state index contributed by atoms with van der Waals surface area (Å²) in [5, 5.41) is 8.72. The Morgan fingerprint density at radius 3 is 2.20 bits per heavy atom. The molecule has 0 saturated heterocycles. The van der Waals surface area contributed by atoms with E-state index in [4.69, 9.17) is 5.26 Å². The average Bonchev–Trinajstić information content (AvgIpc) is 2.23. The lowest BCUT2D eigenvalue weighted by atomic mass is 9.96. The molecule has 0 heterocycles. The minimum atomic E-state index is -0.0896. The fraction of sp³-hybridized carbons (Fsp3) is 0.833. The number of nitrogens with zero attached hydrogens (tertiary/aromatic N) is 2. The number of carbonyl (C=O) groups excluding carboxylic acids is 1. The molecule has 0 aliphatic heterocycles. The van der Waals surface area contributed by atoms with Crippen LogP contribution in [-0.2, 0) is 4.79 Å². The Balaban J connectivity index is 4.42. The zero-order valence-electron chi connectivity index (χ0n) is 10.4. The van der Waals surface area contributed by atoms with Crippen LogP contribution in [0.2, 0.25) is 0 Å². The van der Waals surface area contributed by atoms with Crippen molar-refractivity contribution in [2.24, 2.45) is 17.8 Å². The Hall–Kier alpha value is -1.04. The molecule has 0 aromatic heterocycles. The molecule has 0 aliphatic carbocycles. The second-order valence-electron chi connectivity index (χ2n) is 4.44. The maximum atomic E-state index is 12.0. The molecule has 3 nitrogen and oxygen atoms in total. The van der Waals surface area contributed by atoms with Crippen LogP contribution in [0, 0.1) is 29.1 Å². The van der Waals surface area contributed by atoms with Gasteiger partial charge in [-0.15, -0.1) is 0 Å². The molecule has 0 aromatic carbocycles. The zero-order chi connectivity index (χ0) is 12.0. The first-order valence-corrected chi connectivity index (χ1v) is 5.62. The standard InChI is InChI=1S/C12H22N2O/c1-6-14(8-10(4)7-13)12(15)11(5)9(2)3/h9-11H,6,8H2,1-5H3. The van der Waals surface area contributed by atoms with E-state index >= 15 is 0 Å². The quantitative estimate of drug-likeness (QED) is 0.698. The highest BCUT2D eigenvalue weighted by atomic mass is 16.2. The van der Waals surface area contributed by atoms with Crippen LogP contribution < -0.4 is 0 Å². The van der Waals surface area contributed by atoms with E-state index in [2.05, 4.69) is 6.07 Å². The Kier molecular flexibility index (Phi) is 6.00. The summed E-state index contributed by atoms with van der Waals surface area (Å²) < 4.78 is 0. The normalized spacial score (nSPS) is 14.5. The minimum absolute atomic E-state index is 0.0378. The Bertz CT molecular complexity index is 242. The first kappa shape index (κ1) is 14.0. The topological polar surface area (TPSA) is 44.1 Å². The molecular formula is C12H22N2O. The van der Waals surface area contributed by atoms with Gasteiger partial charge in [-0.1, -0.05) is 20.8 Å². The minimum Gasteiger partial charge on any atom is -0.341 e. The highest BCUT2D eigenvalue weighted by molar-refractivity contribution is 5.78. The van der Waals surface area contributed by atoms with Gasteiger partial charge in [-0.3, -0.25) is 4.79 Å². The van der Waals surface area contributed by atoms with Gasteiger partial charge in [0.15, 0.2) is 0 Å². The zero-order valence-corrected chi connectivity index (χ0v) is 10.4. The van der Waals surface area contributed by atoms with Crippen LogP contribution in [0.15, 0.2) is 0 Å². The van der Waals surface area contributed by atoms with Crippen molar-refractivity contribution < 1.29 is 4.79 Å². The van der Waals surface area contributed by atoms with Crippen molar-refractivity contribution in [2.75, 3.05) is 13.1 Å². The third-order valence-electron chi connectivity index (χ3n) is 2.80. The van der Waals surface area contributed by atoms with E-state index < -0.39 is 0 Å². The van der Waals surface area contributed by atoms with Crippen LogP contribution in [0.1, 0.15) is 34.6 Å². The second-order valence-corrected chi connectivity index (χ2v) is 4.44. The molecule has 0 bridgehead atoms. The summed E-state index contributed by atoms with van der Waals surface area (Å²) in [6.07, 6.45) is 0. The van der Waals surface area contributed by atoms with Gasteiger partial charge in [-0.2, -0.15) is 5.26 Å². The van der Waals surface area contributed by atoms with Crippen LogP contribution in [0.3, 0.4) is 0 Å². The van der Waals surface area contributed by atoms with Crippen LogP contribution >= 0.6 is 0 Å². The maximum absolute atomic E-state index is 12.0. The third kappa shape index (κ3) is 4.33. The van der Waals surface area contributed by atoms with E-state index in [0.29, 0.717) is 19.0 Å². The van der Waals surface area contributed by atoms with Crippen molar-refractivity contribution >= 4 is 5.91 Å². The van der Waals surface area contributed by atoms with E-state index in [9.17, 15) is 4.79 Å². The van der Waals surface area contributed by atoms with Crippen molar-refractivity contribution in [1.82, 2.24) is 4.90 Å². The molecule has 0 aromatic rings. The van der Waals surface area contributed by atoms with Crippen LogP contribution in [0.5, 0.6) is 0 Å². The van der Waals surface area contributed by atoms with Gasteiger partial charge in [0.2, 0.25) is 5.91 Å². The van der Waals surface area contributed by atoms with Crippen molar-refractivity contribution in [3.05, 3.63) is 0 Å². The van der Waals surface area contributed by atoms with E-state index in [1.54, 1.807) is 4.90 Å². The maximum Gasteiger partial charge on any atom is 0.225 e. The van der Waals surface area contributed by atoms with Gasteiger partial charge in [0.1, 0.15) is 0 Å². The Morgan fingerprint density at radius 2 is 1.87 bits per heavy atom. The largest absolute Gasteiger partial charge is 0.341 e. The van der Waals surface area contributed by atoms with E-state index in [1.165, 1.54) is 0 Å². The van der Waals surface area contributed by atoms with Gasteiger partial charge in [0.25, 0.3) is 0 Å². The van der Waals surface area contributed by atoms with Crippen LogP contribution in [0.25, 0.3) is 0 Å². The monoisotopic (exact) mass is 210 g/mol. The predicted molar refractivity (Wildman–Crippen MR) is 61.0 cm³/mol. The average molecular weight is 210 g/mol. The summed E-state index contributed by atoms with van der Waals surface area (Å²) in [7, 11) is 0. The lowest BCUT2D eigenvalue weighted by Gasteiger charge is -2.27. The Labute approximate surface area is 93.1 Å². The summed E-state index contributed by atoms with van der Waals surface area (Å²) in [6, 6.07) is 2.16. The molecular weight excluding hydrogens is 188 g/mol. The Morgan fingerprint density at radius 1 is 1.33 bits per heavy atom. The summed E-state index contributed by atoms with van der Waals surface area (Å²) in [4.78, 5) is 13.8. The molecule has 0 radical (unpaired) electrons. The number of nitriles is 1. The number of amides is 1. The lowest BCUT2D eigenvalue weighted by Crippen LogP contribution is -2.39. The fourth-order valence-electron chi connectivity index (χ4n) is 1.32. The van der Waals surface area contributed by atoms with E-state index in [1.807, 2.05) is 34.6 Å². The van der Waals surface area contributed by atoms with Gasteiger partial charge in [0, 0.05) is 19.0 Å². The highest BCUT2D eigenvalue weighted by Crippen LogP contribution is 2.14. The van der Waals surface area contributed by atoms with Gasteiger partial charge in [-0.25, -0.2) is 0 Å². The highest BCUT2D eigenvalue weighted by Gasteiger charge is 2.22. The molecule has 0 aliphatic rings. The van der Waals surface area contributed by atoms with Gasteiger partial charge in [0.05, 0.1) is 12.0 Å². The SMILES string of the molecule is CCN(CC(C)C#N)C(=O)C(C)C(C)C. The number of hydrogen-bond acceptors (Lipinski definition) is 2. The number of rotatable bonds is 5. The van der Waals surface area contributed by atoms with E-state index in [-0.39, 0.29) is 17.7 Å². The molecule has 86 valence electrons. The van der Waals surface area contributed by atoms with Gasteiger partial charge in [-0.05, 0) is 19.8 Å². The van der Waals surface area contributed by atoms with Crippen molar-refractivity contribution in [2.45, 2.75) is 34.6 Å². The van der Waals surface area contributed by atoms with Crippen molar-refractivity contribution in [1.29, 1.82) is 5.26 Å². The molecule has 2 atom stereocenters. The van der Waals surface area contributed by atoms with E-state index in [0.717, 1.165) is 0 Å². The van der Waals surface area contributed by atoms with Crippen LogP contribution in [-0.4, -0.2) is 23.9 Å². The lowest BCUT2D eigenvalue weighted by molar-refractivity contribution is -0.136. The number of hydrogen-bond donors (Lipinski definition) is 0. The van der Waals surface area contributed by atoms with Crippen molar-refractivity contribution in [3.63, 3.8) is 0 Å². The molecule has 0 rings (SSSR count). The fourth-order valence-corrected chi connectivity index (χ4v) is 1.32. The molecule has 0 fully saturated rings. The molecule has 2 unspecified atom stereocenters. The molecule has 15 heavy (non-hydrogen) atoms. The summed E-state index contributed by atoms with van der Waals surface area (Å²) in [5.41, 5.74) is 0. The first-order chi connectivity index (χ1) is 6.93. The second kappa shape index (κ2) is 6.44. The molecule has 3 heteroatoms. The first-order valence-electron chi connectivity index (χ1n) is 5.62. The molecule has 0 spiro atoms. The smallest absolute Gasteiger partial charge is 0.225 e. The summed E-state index contributed by atoms with van der Waals surface area (Å²) in [5.74, 6) is 0.461. The summed E-state index contributed by atoms with van der Waals surface area (Å²) >= 11 is 0. The summed E-state index contributed by atoms with van der Waals surface area (Å²) in [6.45, 7) is 11.1. The predicted octanol–water partition coefficient (Wildman–Crippen LogP) is 2.29. The third-order valence-corrected chi connectivity index (χ3v) is 2.80.